The number of fused-ring (bicyclic) bond motifs is 3. The Labute approximate surface area is 200 Å². The zero-order valence-corrected chi connectivity index (χ0v) is 19.3. The number of anilines is 1. The molecule has 3 heterocycles. The second-order valence-electron chi connectivity index (χ2n) is 8.01. The Bertz CT molecular complexity index is 1420. The first kappa shape index (κ1) is 20.8. The number of para-hydroxylation sites is 1. The fourth-order valence-corrected chi connectivity index (χ4v) is 4.94. The molecule has 170 valence electrons. The van der Waals surface area contributed by atoms with Crippen LogP contribution in [-0.4, -0.2) is 28.1 Å². The molecule has 2 aliphatic rings. The van der Waals surface area contributed by atoms with Crippen LogP contribution in [0.3, 0.4) is 0 Å². The summed E-state index contributed by atoms with van der Waals surface area (Å²) < 4.78 is 29.0. The van der Waals surface area contributed by atoms with Gasteiger partial charge in [-0.15, -0.1) is 5.10 Å². The van der Waals surface area contributed by atoms with E-state index in [0.29, 0.717) is 16.7 Å². The van der Waals surface area contributed by atoms with Crippen molar-refractivity contribution in [2.75, 3.05) is 18.7 Å². The third kappa shape index (κ3) is 3.25. The van der Waals surface area contributed by atoms with Crippen LogP contribution in [0.4, 0.5) is 10.3 Å². The lowest BCUT2D eigenvalue weighted by atomic mass is 9.84. The van der Waals surface area contributed by atoms with E-state index in [4.69, 9.17) is 14.6 Å². The maximum absolute atomic E-state index is 15.3. The van der Waals surface area contributed by atoms with E-state index in [-0.39, 0.29) is 5.82 Å². The molecule has 0 saturated heterocycles. The molecule has 6 rings (SSSR count). The Kier molecular flexibility index (Phi) is 5.03. The number of methoxy groups -OCH3 is 1. The molecule has 0 spiro atoms. The predicted molar refractivity (Wildman–Crippen MR) is 130 cm³/mol. The monoisotopic (exact) mass is 472 g/mol. The number of halogens is 1. The summed E-state index contributed by atoms with van der Waals surface area (Å²) in [6, 6.07) is 21.9. The lowest BCUT2D eigenvalue weighted by Crippen LogP contribution is -2.32. The van der Waals surface area contributed by atoms with Crippen LogP contribution in [0, 0.1) is 5.82 Å². The molecular weight excluding hydrogens is 451 g/mol. The average Bonchev–Trinajstić information content (AvgIpc) is 3.30. The summed E-state index contributed by atoms with van der Waals surface area (Å²) >= 11 is 1.44. The van der Waals surface area contributed by atoms with Gasteiger partial charge in [0.1, 0.15) is 29.5 Å². The zero-order valence-electron chi connectivity index (χ0n) is 18.5. The first-order valence-electron chi connectivity index (χ1n) is 10.8. The summed E-state index contributed by atoms with van der Waals surface area (Å²) in [6.45, 7) is 0. The number of ether oxygens (including phenoxy) is 2. The highest BCUT2D eigenvalue weighted by atomic mass is 32.2. The van der Waals surface area contributed by atoms with Gasteiger partial charge in [-0.1, -0.05) is 54.2 Å². The molecule has 1 aromatic heterocycles. The van der Waals surface area contributed by atoms with Crippen molar-refractivity contribution in [3.63, 3.8) is 0 Å². The van der Waals surface area contributed by atoms with Gasteiger partial charge in [0.15, 0.2) is 0 Å². The number of nitrogens with zero attached hydrogens (tertiary/aromatic N) is 3. The Morgan fingerprint density at radius 2 is 1.79 bits per heavy atom. The molecule has 8 heteroatoms. The Morgan fingerprint density at radius 1 is 1.03 bits per heavy atom. The van der Waals surface area contributed by atoms with Crippen LogP contribution >= 0.6 is 11.8 Å². The van der Waals surface area contributed by atoms with E-state index in [9.17, 15) is 0 Å². The highest BCUT2D eigenvalue weighted by Gasteiger charge is 2.42. The van der Waals surface area contributed by atoms with Gasteiger partial charge >= 0.3 is 0 Å². The minimum Gasteiger partial charge on any atom is -0.497 e. The van der Waals surface area contributed by atoms with E-state index in [1.807, 2.05) is 60.9 Å². The molecule has 6 nitrogen and oxygen atoms in total. The summed E-state index contributed by atoms with van der Waals surface area (Å²) in [5, 5.41) is 8.79. The second-order valence-corrected chi connectivity index (χ2v) is 8.79. The number of hydrogen-bond donors (Lipinski definition) is 1. The largest absolute Gasteiger partial charge is 0.497 e. The second kappa shape index (κ2) is 8.22. The SMILES string of the molecule is COc1ccc([C@@H]2Oc3ccccc3C3=C2[C@H](c2ccccc2F)n2nc(SC)nc2N3)cc1. The van der Waals surface area contributed by atoms with Crippen LogP contribution in [0.25, 0.3) is 5.70 Å². The van der Waals surface area contributed by atoms with Crippen molar-refractivity contribution in [2.24, 2.45) is 0 Å². The van der Waals surface area contributed by atoms with Crippen molar-refractivity contribution in [1.29, 1.82) is 0 Å². The minimum atomic E-state index is -0.540. The first-order valence-corrected chi connectivity index (χ1v) is 12.1. The van der Waals surface area contributed by atoms with Gasteiger partial charge < -0.3 is 14.8 Å². The van der Waals surface area contributed by atoms with Crippen molar-refractivity contribution in [3.8, 4) is 11.5 Å². The van der Waals surface area contributed by atoms with Crippen LogP contribution in [-0.2, 0) is 0 Å². The lowest BCUT2D eigenvalue weighted by Gasteiger charge is -2.39. The third-order valence-electron chi connectivity index (χ3n) is 6.16. The van der Waals surface area contributed by atoms with Gasteiger partial charge in [-0.05, 0) is 42.2 Å². The van der Waals surface area contributed by atoms with Crippen molar-refractivity contribution in [2.45, 2.75) is 17.3 Å². The maximum Gasteiger partial charge on any atom is 0.227 e. The standard InChI is InChI=1S/C26H21FN4O2S/c1-32-16-13-11-15(12-14-16)24-21-22(18-8-4-6-10-20(18)33-24)28-25-29-26(34-2)30-31(25)23(21)17-7-3-5-9-19(17)27/h3-14,23-24H,1-2H3,(H,28,29,30)/t23-,24-/m0/s1. The molecule has 2 atom stereocenters. The van der Waals surface area contributed by atoms with Gasteiger partial charge in [-0.2, -0.15) is 4.98 Å². The van der Waals surface area contributed by atoms with Crippen molar-refractivity contribution < 1.29 is 13.9 Å². The summed E-state index contributed by atoms with van der Waals surface area (Å²) in [4.78, 5) is 4.65. The molecule has 0 aliphatic carbocycles. The zero-order chi connectivity index (χ0) is 23.2. The molecule has 0 radical (unpaired) electrons. The van der Waals surface area contributed by atoms with Crippen molar-refractivity contribution in [3.05, 3.63) is 101 Å². The summed E-state index contributed by atoms with van der Waals surface area (Å²) in [6.07, 6.45) is 1.45. The van der Waals surface area contributed by atoms with Gasteiger partial charge in [-0.25, -0.2) is 9.07 Å². The Balaban J connectivity index is 1.62. The van der Waals surface area contributed by atoms with Crippen molar-refractivity contribution in [1.82, 2.24) is 14.8 Å². The van der Waals surface area contributed by atoms with E-state index >= 15 is 4.39 Å². The molecule has 0 amide bonds. The molecule has 4 aromatic rings. The summed E-state index contributed by atoms with van der Waals surface area (Å²) in [5.41, 5.74) is 4.09. The van der Waals surface area contributed by atoms with Crippen LogP contribution < -0.4 is 14.8 Å². The van der Waals surface area contributed by atoms with E-state index < -0.39 is 12.1 Å². The Morgan fingerprint density at radius 3 is 2.56 bits per heavy atom. The van der Waals surface area contributed by atoms with Crippen LogP contribution in [0.1, 0.15) is 28.8 Å². The van der Waals surface area contributed by atoms with Gasteiger partial charge in [-0.3, -0.25) is 0 Å². The van der Waals surface area contributed by atoms with Gasteiger partial charge in [0.25, 0.3) is 0 Å². The van der Waals surface area contributed by atoms with Gasteiger partial charge in [0.05, 0.1) is 12.8 Å². The number of benzene rings is 3. The van der Waals surface area contributed by atoms with E-state index in [1.54, 1.807) is 23.9 Å². The molecule has 0 saturated carbocycles. The molecule has 0 unspecified atom stereocenters. The highest BCUT2D eigenvalue weighted by Crippen LogP contribution is 2.51. The highest BCUT2D eigenvalue weighted by molar-refractivity contribution is 7.98. The molecule has 34 heavy (non-hydrogen) atoms. The summed E-state index contributed by atoms with van der Waals surface area (Å²) in [5.74, 6) is 1.77. The molecule has 1 N–H and O–H groups in total. The van der Waals surface area contributed by atoms with Crippen LogP contribution in [0.5, 0.6) is 11.5 Å². The van der Waals surface area contributed by atoms with Gasteiger partial charge in [0.2, 0.25) is 11.1 Å². The van der Waals surface area contributed by atoms with E-state index in [2.05, 4.69) is 10.3 Å². The first-order chi connectivity index (χ1) is 16.7. The average molecular weight is 473 g/mol. The predicted octanol–water partition coefficient (Wildman–Crippen LogP) is 5.71. The number of hydrogen-bond acceptors (Lipinski definition) is 6. The van der Waals surface area contributed by atoms with Crippen LogP contribution in [0.2, 0.25) is 0 Å². The molecule has 2 aliphatic heterocycles. The van der Waals surface area contributed by atoms with E-state index in [1.165, 1.54) is 17.8 Å². The topological polar surface area (TPSA) is 61.2 Å². The Hall–Kier alpha value is -3.78. The van der Waals surface area contributed by atoms with E-state index in [0.717, 1.165) is 33.9 Å². The summed E-state index contributed by atoms with van der Waals surface area (Å²) in [7, 11) is 1.64. The third-order valence-corrected chi connectivity index (χ3v) is 6.70. The maximum atomic E-state index is 15.3. The normalized spacial score (nSPS) is 18.3. The molecule has 0 bridgehead atoms. The lowest BCUT2D eigenvalue weighted by molar-refractivity contribution is 0.222. The van der Waals surface area contributed by atoms with Crippen LogP contribution in [0.15, 0.2) is 83.5 Å². The fourth-order valence-electron chi connectivity index (χ4n) is 4.59. The van der Waals surface area contributed by atoms with Crippen molar-refractivity contribution >= 4 is 23.4 Å². The number of thioether (sulfide) groups is 1. The number of nitrogens with one attached hydrogen (secondary N) is 1. The molecular formula is C26H21FN4O2S. The molecule has 3 aromatic carbocycles. The molecule has 0 fully saturated rings. The smallest absolute Gasteiger partial charge is 0.227 e. The quantitative estimate of drug-likeness (QED) is 0.384. The minimum absolute atomic E-state index is 0.305. The van der Waals surface area contributed by atoms with Gasteiger partial charge in [0, 0.05) is 16.7 Å². The number of rotatable bonds is 4. The fraction of sp³-hybridized carbons (Fsp3) is 0.154. The number of aromatic nitrogens is 3.